The van der Waals surface area contributed by atoms with Crippen molar-refractivity contribution in [3.8, 4) is 0 Å². The van der Waals surface area contributed by atoms with Crippen LogP contribution in [0, 0.1) is 11.8 Å². The van der Waals surface area contributed by atoms with Crippen molar-refractivity contribution in [2.75, 3.05) is 26.4 Å². The summed E-state index contributed by atoms with van der Waals surface area (Å²) < 4.78 is 11.1. The van der Waals surface area contributed by atoms with Gasteiger partial charge in [-0.15, -0.1) is 0 Å². The molecule has 0 aromatic rings. The van der Waals surface area contributed by atoms with Crippen LogP contribution in [0.25, 0.3) is 0 Å². The summed E-state index contributed by atoms with van der Waals surface area (Å²) in [6, 6.07) is 0. The lowest BCUT2D eigenvalue weighted by molar-refractivity contribution is -0.153. The Morgan fingerprint density at radius 1 is 1.58 bits per heavy atom. The molecule has 1 heterocycles. The van der Waals surface area contributed by atoms with Crippen molar-refractivity contribution >= 4 is 0 Å². The Morgan fingerprint density at radius 2 is 2.42 bits per heavy atom. The zero-order valence-electron chi connectivity index (χ0n) is 7.58. The minimum Gasteiger partial charge on any atom is -0.381 e. The van der Waals surface area contributed by atoms with Crippen LogP contribution in [0.15, 0.2) is 0 Å². The van der Waals surface area contributed by atoms with Crippen LogP contribution in [0.1, 0.15) is 13.3 Å². The highest BCUT2D eigenvalue weighted by Gasteiger charge is 2.56. The van der Waals surface area contributed by atoms with Gasteiger partial charge in [0.25, 0.3) is 0 Å². The SMILES string of the molecule is CCOC1(CN)C[C@@H]2COC[C@@H]21. The van der Waals surface area contributed by atoms with E-state index >= 15 is 0 Å². The fraction of sp³-hybridized carbons (Fsp3) is 1.00. The van der Waals surface area contributed by atoms with Crippen molar-refractivity contribution in [3.63, 3.8) is 0 Å². The van der Waals surface area contributed by atoms with Crippen LogP contribution in [0.4, 0.5) is 0 Å². The van der Waals surface area contributed by atoms with Gasteiger partial charge in [0, 0.05) is 25.7 Å². The average Bonchev–Trinajstić information content (AvgIpc) is 2.44. The summed E-state index contributed by atoms with van der Waals surface area (Å²) in [5, 5.41) is 0. The van der Waals surface area contributed by atoms with Gasteiger partial charge in [-0.25, -0.2) is 0 Å². The molecule has 2 fully saturated rings. The summed E-state index contributed by atoms with van der Waals surface area (Å²) in [4.78, 5) is 0. The Hall–Kier alpha value is -0.120. The van der Waals surface area contributed by atoms with Crippen molar-refractivity contribution in [1.29, 1.82) is 0 Å². The molecule has 0 bridgehead atoms. The highest BCUT2D eigenvalue weighted by atomic mass is 16.5. The third kappa shape index (κ3) is 1.00. The van der Waals surface area contributed by atoms with E-state index in [0.29, 0.717) is 12.5 Å². The summed E-state index contributed by atoms with van der Waals surface area (Å²) in [5.41, 5.74) is 5.70. The Morgan fingerprint density at radius 3 is 3.00 bits per heavy atom. The highest BCUT2D eigenvalue weighted by Crippen LogP contribution is 2.49. The predicted octanol–water partition coefficient (Wildman–Crippen LogP) is 0.387. The van der Waals surface area contributed by atoms with E-state index in [1.165, 1.54) is 0 Å². The summed E-state index contributed by atoms with van der Waals surface area (Å²) in [6.07, 6.45) is 1.10. The average molecular weight is 171 g/mol. The van der Waals surface area contributed by atoms with E-state index in [1.54, 1.807) is 0 Å². The quantitative estimate of drug-likeness (QED) is 0.668. The van der Waals surface area contributed by atoms with Crippen LogP contribution in [-0.4, -0.2) is 32.0 Å². The maximum atomic E-state index is 5.73. The van der Waals surface area contributed by atoms with E-state index in [-0.39, 0.29) is 5.60 Å². The fourth-order valence-corrected chi connectivity index (χ4v) is 2.56. The van der Waals surface area contributed by atoms with Gasteiger partial charge >= 0.3 is 0 Å². The van der Waals surface area contributed by atoms with E-state index < -0.39 is 0 Å². The normalized spacial score (nSPS) is 45.5. The first-order chi connectivity index (χ1) is 5.82. The van der Waals surface area contributed by atoms with Gasteiger partial charge in [0.15, 0.2) is 0 Å². The van der Waals surface area contributed by atoms with Gasteiger partial charge in [0.1, 0.15) is 0 Å². The topological polar surface area (TPSA) is 44.5 Å². The molecule has 12 heavy (non-hydrogen) atoms. The molecule has 0 aromatic carbocycles. The number of rotatable bonds is 3. The smallest absolute Gasteiger partial charge is 0.0861 e. The van der Waals surface area contributed by atoms with E-state index in [0.717, 1.165) is 32.2 Å². The van der Waals surface area contributed by atoms with Gasteiger partial charge in [0.2, 0.25) is 0 Å². The summed E-state index contributed by atoms with van der Waals surface area (Å²) in [7, 11) is 0. The Bertz CT molecular complexity index is 174. The number of ether oxygens (including phenoxy) is 2. The predicted molar refractivity (Wildman–Crippen MR) is 45.8 cm³/mol. The lowest BCUT2D eigenvalue weighted by Gasteiger charge is -2.50. The fourth-order valence-electron chi connectivity index (χ4n) is 2.56. The van der Waals surface area contributed by atoms with E-state index in [2.05, 4.69) is 0 Å². The minimum absolute atomic E-state index is 0.0318. The molecule has 0 radical (unpaired) electrons. The maximum absolute atomic E-state index is 5.73. The zero-order chi connectivity index (χ0) is 8.60. The van der Waals surface area contributed by atoms with Crippen LogP contribution in [0.2, 0.25) is 0 Å². The third-order valence-electron chi connectivity index (χ3n) is 3.26. The van der Waals surface area contributed by atoms with E-state index in [9.17, 15) is 0 Å². The molecule has 1 saturated heterocycles. The summed E-state index contributed by atoms with van der Waals surface area (Å²) in [6.45, 7) is 5.20. The van der Waals surface area contributed by atoms with Gasteiger partial charge in [-0.2, -0.15) is 0 Å². The first-order valence-corrected chi connectivity index (χ1v) is 4.74. The van der Waals surface area contributed by atoms with Crippen molar-refractivity contribution in [2.45, 2.75) is 18.9 Å². The number of nitrogens with two attached hydrogens (primary N) is 1. The summed E-state index contributed by atoms with van der Waals surface area (Å²) >= 11 is 0. The van der Waals surface area contributed by atoms with E-state index in [4.69, 9.17) is 15.2 Å². The van der Waals surface area contributed by atoms with Crippen LogP contribution in [-0.2, 0) is 9.47 Å². The standard InChI is InChI=1S/C9H17NO2/c1-2-12-9(6-10)3-7-4-11-5-8(7)9/h7-8H,2-6,10H2,1H3/t7-,8+,9?/m1/s1. The van der Waals surface area contributed by atoms with Crippen molar-refractivity contribution in [1.82, 2.24) is 0 Å². The van der Waals surface area contributed by atoms with E-state index in [1.807, 2.05) is 6.92 Å². The largest absolute Gasteiger partial charge is 0.381 e. The Labute approximate surface area is 73.2 Å². The molecule has 0 amide bonds. The molecular weight excluding hydrogens is 154 g/mol. The van der Waals surface area contributed by atoms with Gasteiger partial charge in [-0.1, -0.05) is 0 Å². The molecule has 70 valence electrons. The van der Waals surface area contributed by atoms with Crippen LogP contribution >= 0.6 is 0 Å². The number of fused-ring (bicyclic) bond motifs is 1. The first kappa shape index (κ1) is 8.48. The molecule has 1 aliphatic heterocycles. The monoisotopic (exact) mass is 171 g/mol. The molecule has 0 aromatic heterocycles. The van der Waals surface area contributed by atoms with Crippen molar-refractivity contribution < 1.29 is 9.47 Å². The molecule has 1 aliphatic carbocycles. The first-order valence-electron chi connectivity index (χ1n) is 4.74. The number of hydrogen-bond acceptors (Lipinski definition) is 3. The molecule has 3 heteroatoms. The molecule has 1 saturated carbocycles. The molecule has 1 unspecified atom stereocenters. The molecule has 3 nitrogen and oxygen atoms in total. The third-order valence-corrected chi connectivity index (χ3v) is 3.26. The molecule has 0 spiro atoms. The lowest BCUT2D eigenvalue weighted by atomic mass is 9.63. The second kappa shape index (κ2) is 2.98. The molecule has 2 N–H and O–H groups in total. The highest BCUT2D eigenvalue weighted by molar-refractivity contribution is 5.06. The number of hydrogen-bond donors (Lipinski definition) is 1. The molecule has 2 aliphatic rings. The molecular formula is C9H17NO2. The van der Waals surface area contributed by atoms with Crippen LogP contribution in [0.3, 0.4) is 0 Å². The second-order valence-corrected chi connectivity index (χ2v) is 3.81. The lowest BCUT2D eigenvalue weighted by Crippen LogP contribution is -2.59. The zero-order valence-corrected chi connectivity index (χ0v) is 7.58. The van der Waals surface area contributed by atoms with Gasteiger partial charge in [-0.05, 0) is 19.3 Å². The van der Waals surface area contributed by atoms with Crippen LogP contribution < -0.4 is 5.73 Å². The molecule has 3 atom stereocenters. The van der Waals surface area contributed by atoms with Crippen molar-refractivity contribution in [3.05, 3.63) is 0 Å². The molecule has 2 rings (SSSR count). The summed E-state index contributed by atoms with van der Waals surface area (Å²) in [5.74, 6) is 1.29. The van der Waals surface area contributed by atoms with Crippen molar-refractivity contribution in [2.24, 2.45) is 17.6 Å². The van der Waals surface area contributed by atoms with Gasteiger partial charge in [-0.3, -0.25) is 0 Å². The van der Waals surface area contributed by atoms with Gasteiger partial charge in [0.05, 0.1) is 12.2 Å². The Balaban J connectivity index is 2.01. The van der Waals surface area contributed by atoms with Crippen LogP contribution in [0.5, 0.6) is 0 Å². The minimum atomic E-state index is -0.0318. The second-order valence-electron chi connectivity index (χ2n) is 3.81. The maximum Gasteiger partial charge on any atom is 0.0861 e. The van der Waals surface area contributed by atoms with Gasteiger partial charge < -0.3 is 15.2 Å². The Kier molecular flexibility index (Phi) is 2.10.